The predicted octanol–water partition coefficient (Wildman–Crippen LogP) is 2.46. The quantitative estimate of drug-likeness (QED) is 0.800. The van der Waals surface area contributed by atoms with Crippen LogP contribution in [-0.4, -0.2) is 19.2 Å². The van der Waals surface area contributed by atoms with E-state index in [0.717, 1.165) is 0 Å². The zero-order valence-electron chi connectivity index (χ0n) is 10.1. The van der Waals surface area contributed by atoms with E-state index in [2.05, 4.69) is 43.4 Å². The van der Waals surface area contributed by atoms with Crippen molar-refractivity contribution >= 4 is 19.3 Å². The van der Waals surface area contributed by atoms with Crippen LogP contribution in [0.5, 0.6) is 5.75 Å². The lowest BCUT2D eigenvalue weighted by Gasteiger charge is -2.03. The summed E-state index contributed by atoms with van der Waals surface area (Å²) in [7, 11) is -0.694. The van der Waals surface area contributed by atoms with Gasteiger partial charge in [-0.1, -0.05) is 48.6 Å². The number of phenolic OH excluding ortho intramolecular Hbond substituents is 1. The molecule has 0 fully saturated rings. The molecule has 0 bridgehead atoms. The highest BCUT2D eigenvalue weighted by atomic mass is 28.2. The molecule has 2 rings (SSSR count). The third kappa shape index (κ3) is 2.92. The van der Waals surface area contributed by atoms with Crippen molar-refractivity contribution < 1.29 is 5.11 Å². The van der Waals surface area contributed by atoms with E-state index in [1.165, 1.54) is 16.3 Å². The molecule has 2 aromatic rings. The molecule has 0 aromatic heterocycles. The molecule has 2 aromatic carbocycles. The summed E-state index contributed by atoms with van der Waals surface area (Å²) < 4.78 is 0. The molecular formula is C15H16OSi. The lowest BCUT2D eigenvalue weighted by atomic mass is 10.1. The Morgan fingerprint density at radius 1 is 1.00 bits per heavy atom. The Hall–Kier alpha value is -1.67. The van der Waals surface area contributed by atoms with E-state index >= 15 is 0 Å². The molecule has 2 heteroatoms. The number of aromatic hydroxyl groups is 1. The second-order valence-electron chi connectivity index (χ2n) is 4.23. The van der Waals surface area contributed by atoms with Crippen LogP contribution in [0.4, 0.5) is 0 Å². The lowest BCUT2D eigenvalue weighted by Crippen LogP contribution is -2.20. The molecule has 0 unspecified atom stereocenters. The zero-order valence-corrected chi connectivity index (χ0v) is 11.1. The van der Waals surface area contributed by atoms with Gasteiger partial charge < -0.3 is 5.11 Å². The van der Waals surface area contributed by atoms with Crippen LogP contribution in [0, 0.1) is 6.92 Å². The highest BCUT2D eigenvalue weighted by Gasteiger charge is 1.99. The highest BCUT2D eigenvalue weighted by molar-refractivity contribution is 6.78. The van der Waals surface area contributed by atoms with Crippen LogP contribution >= 0.6 is 0 Å². The highest BCUT2D eigenvalue weighted by Crippen LogP contribution is 2.05. The summed E-state index contributed by atoms with van der Waals surface area (Å²) in [5, 5.41) is 10.6. The molecule has 0 heterocycles. The second kappa shape index (κ2) is 5.10. The molecule has 0 atom stereocenters. The van der Waals surface area contributed by atoms with Gasteiger partial charge in [0.1, 0.15) is 5.75 Å². The van der Waals surface area contributed by atoms with E-state index in [1.807, 2.05) is 12.1 Å². The molecule has 1 N–H and O–H groups in total. The molecule has 0 aliphatic carbocycles. The lowest BCUT2D eigenvalue weighted by molar-refractivity contribution is 0.475. The van der Waals surface area contributed by atoms with E-state index in [1.54, 1.807) is 12.1 Å². The molecule has 17 heavy (non-hydrogen) atoms. The fourth-order valence-electron chi connectivity index (χ4n) is 1.79. The van der Waals surface area contributed by atoms with E-state index < -0.39 is 8.41 Å². The topological polar surface area (TPSA) is 20.2 Å². The number of hydrogen-bond acceptors (Lipinski definition) is 1. The van der Waals surface area contributed by atoms with E-state index in [0.29, 0.717) is 5.75 Å². The Bertz CT molecular complexity index is 541. The first-order valence-corrected chi connectivity index (χ1v) is 7.78. The summed E-state index contributed by atoms with van der Waals surface area (Å²) in [5.74, 6) is 0.333. The van der Waals surface area contributed by atoms with Gasteiger partial charge in [-0.15, -0.1) is 0 Å². The largest absolute Gasteiger partial charge is 0.508 e. The van der Waals surface area contributed by atoms with Gasteiger partial charge in [-0.05, 0) is 35.4 Å². The number of benzene rings is 2. The van der Waals surface area contributed by atoms with Crippen LogP contribution in [0.1, 0.15) is 11.1 Å². The van der Waals surface area contributed by atoms with Gasteiger partial charge in [0.05, 0.1) is 0 Å². The average molecular weight is 240 g/mol. The van der Waals surface area contributed by atoms with Crippen molar-refractivity contribution in [3.63, 3.8) is 0 Å². The van der Waals surface area contributed by atoms with Gasteiger partial charge in [-0.2, -0.15) is 0 Å². The number of aryl methyl sites for hydroxylation is 1. The number of hydrogen-bond donors (Lipinski definition) is 1. The molecular weight excluding hydrogens is 224 g/mol. The monoisotopic (exact) mass is 240 g/mol. The van der Waals surface area contributed by atoms with Crippen molar-refractivity contribution in [2.24, 2.45) is 0 Å². The van der Waals surface area contributed by atoms with Crippen LogP contribution in [0.25, 0.3) is 0 Å². The molecule has 0 aliphatic heterocycles. The molecule has 1 nitrogen and oxygen atoms in total. The predicted molar refractivity (Wildman–Crippen MR) is 75.7 cm³/mol. The van der Waals surface area contributed by atoms with Crippen LogP contribution < -0.4 is 5.19 Å². The minimum absolute atomic E-state index is 0.333. The van der Waals surface area contributed by atoms with Gasteiger partial charge in [-0.25, -0.2) is 0 Å². The minimum Gasteiger partial charge on any atom is -0.508 e. The first-order valence-electron chi connectivity index (χ1n) is 5.70. The van der Waals surface area contributed by atoms with E-state index in [4.69, 9.17) is 0 Å². The Labute approximate surface area is 104 Å². The maximum Gasteiger partial charge on any atom is 0.115 e. The summed E-state index contributed by atoms with van der Waals surface area (Å²) in [6.45, 7) is 4.40. The summed E-state index contributed by atoms with van der Waals surface area (Å²) in [6.07, 6.45) is 0. The molecule has 0 saturated heterocycles. The van der Waals surface area contributed by atoms with Crippen LogP contribution in [-0.2, 0) is 0 Å². The van der Waals surface area contributed by atoms with E-state index in [-0.39, 0.29) is 0 Å². The molecule has 0 aliphatic rings. The SMILES string of the molecule is Cc1ccccc1C=[Si](C)c1ccc(O)cc1. The van der Waals surface area contributed by atoms with E-state index in [9.17, 15) is 5.11 Å². The average Bonchev–Trinajstić information content (AvgIpc) is 2.33. The normalized spacial score (nSPS) is 11.5. The first kappa shape index (κ1) is 11.8. The van der Waals surface area contributed by atoms with Gasteiger partial charge >= 0.3 is 0 Å². The van der Waals surface area contributed by atoms with Crippen molar-refractivity contribution in [2.45, 2.75) is 13.5 Å². The maximum atomic E-state index is 9.27. The number of phenols is 1. The van der Waals surface area contributed by atoms with Crippen molar-refractivity contribution in [3.05, 3.63) is 59.7 Å². The molecule has 0 spiro atoms. The smallest absolute Gasteiger partial charge is 0.115 e. The van der Waals surface area contributed by atoms with Crippen LogP contribution in [0.2, 0.25) is 6.55 Å². The third-order valence-corrected chi connectivity index (χ3v) is 4.87. The summed E-state index contributed by atoms with van der Waals surface area (Å²) in [5.41, 5.74) is 4.99. The summed E-state index contributed by atoms with van der Waals surface area (Å²) >= 11 is 0. The second-order valence-corrected chi connectivity index (χ2v) is 6.46. The first-order chi connectivity index (χ1) is 8.16. The van der Waals surface area contributed by atoms with Crippen molar-refractivity contribution in [1.82, 2.24) is 0 Å². The van der Waals surface area contributed by atoms with Gasteiger partial charge in [0.2, 0.25) is 0 Å². The summed E-state index contributed by atoms with van der Waals surface area (Å²) in [6, 6.07) is 16.0. The Balaban J connectivity index is 2.34. The van der Waals surface area contributed by atoms with Gasteiger partial charge in [0.25, 0.3) is 0 Å². The minimum atomic E-state index is -0.694. The third-order valence-electron chi connectivity index (χ3n) is 2.88. The fraction of sp³-hybridized carbons (Fsp3) is 0.133. The van der Waals surface area contributed by atoms with Crippen LogP contribution in [0.3, 0.4) is 0 Å². The molecule has 0 radical (unpaired) electrons. The Kier molecular flexibility index (Phi) is 3.54. The van der Waals surface area contributed by atoms with Gasteiger partial charge in [0, 0.05) is 8.41 Å². The standard InChI is InChI=1S/C15H16OSi/c1-12-5-3-4-6-13(12)11-17(2)15-9-7-14(16)8-10-15/h3-11,16H,1-2H3. The van der Waals surface area contributed by atoms with Crippen LogP contribution in [0.15, 0.2) is 48.5 Å². The van der Waals surface area contributed by atoms with Crippen molar-refractivity contribution in [2.75, 3.05) is 0 Å². The van der Waals surface area contributed by atoms with Gasteiger partial charge in [-0.3, -0.25) is 0 Å². The molecule has 86 valence electrons. The summed E-state index contributed by atoms with van der Waals surface area (Å²) in [4.78, 5) is 0. The van der Waals surface area contributed by atoms with Crippen molar-refractivity contribution in [1.29, 1.82) is 0 Å². The van der Waals surface area contributed by atoms with Gasteiger partial charge in [0.15, 0.2) is 0 Å². The fourth-order valence-corrected chi connectivity index (χ4v) is 3.44. The Morgan fingerprint density at radius 3 is 2.29 bits per heavy atom. The molecule has 0 saturated carbocycles. The van der Waals surface area contributed by atoms with Crippen molar-refractivity contribution in [3.8, 4) is 5.75 Å². The molecule has 0 amide bonds. The number of rotatable bonds is 2. The maximum absolute atomic E-state index is 9.27. The zero-order chi connectivity index (χ0) is 12.3. The Morgan fingerprint density at radius 2 is 1.65 bits per heavy atom.